The number of aromatic amines is 1. The van der Waals surface area contributed by atoms with Crippen LogP contribution in [-0.4, -0.2) is 15.1 Å². The summed E-state index contributed by atoms with van der Waals surface area (Å²) in [5.74, 6) is -0.821. The Balaban J connectivity index is 2.55. The van der Waals surface area contributed by atoms with Crippen molar-refractivity contribution < 1.29 is 9.21 Å². The molecule has 0 spiro atoms. The number of nitrogens with one attached hydrogen (secondary N) is 1. The number of fused-ring (bicyclic) bond motifs is 1. The molecule has 2 rings (SSSR count). The second kappa shape index (κ2) is 3.83. The highest BCUT2D eigenvalue weighted by Gasteiger charge is 2.15. The van der Waals surface area contributed by atoms with Gasteiger partial charge < -0.3 is 4.42 Å². The molecule has 0 aliphatic rings. The monoisotopic (exact) mass is 289 g/mol. The van der Waals surface area contributed by atoms with E-state index in [0.717, 1.165) is 0 Å². The molecule has 2 aromatic rings. The largest absolute Gasteiger partial charge is 0.417 e. The fourth-order valence-corrected chi connectivity index (χ4v) is 1.61. The van der Waals surface area contributed by atoms with Gasteiger partial charge in [0.05, 0.1) is 5.52 Å². The zero-order valence-electron chi connectivity index (χ0n) is 7.29. The highest BCUT2D eigenvalue weighted by Crippen LogP contribution is 2.17. The lowest BCUT2D eigenvalue weighted by molar-refractivity contribution is 0.101. The van der Waals surface area contributed by atoms with Gasteiger partial charge in [0.2, 0.25) is 0 Å². The highest BCUT2D eigenvalue weighted by atomic mass is 79.9. The maximum atomic E-state index is 11.5. The number of Topliss-reactive ketones (excluding diaryl/α,β-unsaturated/α-hetero) is 1. The highest BCUT2D eigenvalue weighted by molar-refractivity contribution is 9.10. The van der Waals surface area contributed by atoms with E-state index < -0.39 is 10.0 Å². The summed E-state index contributed by atoms with van der Waals surface area (Å²) in [6.07, 6.45) is 0. The van der Waals surface area contributed by atoms with E-state index in [-0.39, 0.29) is 5.78 Å². The van der Waals surface area contributed by atoms with Crippen LogP contribution in [0.3, 0.4) is 0 Å². The Hall–Kier alpha value is -1.07. The molecule has 0 radical (unpaired) electrons. The summed E-state index contributed by atoms with van der Waals surface area (Å²) in [6, 6.07) is 4.65. The average molecular weight is 290 g/mol. The standard InChI is InChI=1S/C9H5BrClNO3/c10-8(11)7(13)4-1-2-5-6(3-4)15-9(14)12-5/h1-3,8H,(H,12,14). The van der Waals surface area contributed by atoms with Crippen molar-refractivity contribution in [2.45, 2.75) is 4.29 Å². The molecule has 78 valence electrons. The number of rotatable bonds is 2. The maximum absolute atomic E-state index is 11.5. The number of alkyl halides is 2. The Kier molecular flexibility index (Phi) is 2.67. The van der Waals surface area contributed by atoms with Gasteiger partial charge in [-0.1, -0.05) is 15.9 Å². The van der Waals surface area contributed by atoms with Gasteiger partial charge in [-0.2, -0.15) is 0 Å². The molecular formula is C9H5BrClNO3. The van der Waals surface area contributed by atoms with Crippen molar-refractivity contribution in [3.05, 3.63) is 34.3 Å². The summed E-state index contributed by atoms with van der Waals surface area (Å²) in [6.45, 7) is 0. The molecule has 1 atom stereocenters. The number of H-pyrrole nitrogens is 1. The Morgan fingerprint density at radius 2 is 2.27 bits per heavy atom. The first-order valence-corrected chi connectivity index (χ1v) is 5.38. The van der Waals surface area contributed by atoms with E-state index in [4.69, 9.17) is 16.0 Å². The van der Waals surface area contributed by atoms with Gasteiger partial charge in [-0.3, -0.25) is 9.78 Å². The van der Waals surface area contributed by atoms with Crippen LogP contribution in [0.2, 0.25) is 0 Å². The number of oxazole rings is 1. The number of carbonyl (C=O) groups excluding carboxylic acids is 1. The van der Waals surface area contributed by atoms with Gasteiger partial charge in [-0.05, 0) is 18.2 Å². The molecular weight excluding hydrogens is 285 g/mol. The minimum Gasteiger partial charge on any atom is -0.408 e. The van der Waals surface area contributed by atoms with Gasteiger partial charge in [-0.15, -0.1) is 11.6 Å². The Morgan fingerprint density at radius 1 is 1.53 bits per heavy atom. The van der Waals surface area contributed by atoms with E-state index in [1.54, 1.807) is 12.1 Å². The summed E-state index contributed by atoms with van der Waals surface area (Å²) < 4.78 is 4.04. The Morgan fingerprint density at radius 3 is 2.93 bits per heavy atom. The summed E-state index contributed by atoms with van der Waals surface area (Å²) in [5.41, 5.74) is 1.29. The van der Waals surface area contributed by atoms with Crippen LogP contribution in [0.1, 0.15) is 10.4 Å². The van der Waals surface area contributed by atoms with Crippen LogP contribution in [0.5, 0.6) is 0 Å². The van der Waals surface area contributed by atoms with Crippen molar-refractivity contribution >= 4 is 44.4 Å². The number of benzene rings is 1. The molecule has 0 fully saturated rings. The van der Waals surface area contributed by atoms with Gasteiger partial charge in [-0.25, -0.2) is 4.79 Å². The first kappa shape index (κ1) is 10.4. The lowest BCUT2D eigenvalue weighted by Gasteiger charge is -1.99. The molecule has 0 saturated heterocycles. The van der Waals surface area contributed by atoms with E-state index in [9.17, 15) is 9.59 Å². The van der Waals surface area contributed by atoms with E-state index in [2.05, 4.69) is 20.9 Å². The maximum Gasteiger partial charge on any atom is 0.417 e. The van der Waals surface area contributed by atoms with E-state index >= 15 is 0 Å². The fourth-order valence-electron chi connectivity index (χ4n) is 1.22. The van der Waals surface area contributed by atoms with Gasteiger partial charge in [0.15, 0.2) is 15.7 Å². The Bertz CT molecular complexity index is 572. The second-order valence-corrected chi connectivity index (χ2v) is 4.77. The first-order chi connectivity index (χ1) is 7.08. The van der Waals surface area contributed by atoms with Crippen LogP contribution < -0.4 is 5.76 Å². The number of carbonyl (C=O) groups is 1. The van der Waals surface area contributed by atoms with Gasteiger partial charge in [0.25, 0.3) is 0 Å². The lowest BCUT2D eigenvalue weighted by atomic mass is 10.1. The summed E-state index contributed by atoms with van der Waals surface area (Å²) >= 11 is 8.55. The zero-order chi connectivity index (χ0) is 11.0. The first-order valence-electron chi connectivity index (χ1n) is 4.03. The third-order valence-electron chi connectivity index (χ3n) is 1.90. The van der Waals surface area contributed by atoms with Crippen LogP contribution >= 0.6 is 27.5 Å². The predicted molar refractivity (Wildman–Crippen MR) is 59.7 cm³/mol. The molecule has 1 aromatic heterocycles. The molecule has 1 aromatic carbocycles. The minimum absolute atomic E-state index is 0.276. The SMILES string of the molecule is O=C(c1ccc2[nH]c(=O)oc2c1)C(Cl)Br. The normalized spacial score (nSPS) is 12.9. The van der Waals surface area contributed by atoms with Crippen molar-refractivity contribution in [2.24, 2.45) is 0 Å². The van der Waals surface area contributed by atoms with Crippen LogP contribution in [-0.2, 0) is 0 Å². The van der Waals surface area contributed by atoms with E-state index in [1.807, 2.05) is 0 Å². The molecule has 1 heterocycles. The molecule has 6 heteroatoms. The van der Waals surface area contributed by atoms with Crippen LogP contribution in [0, 0.1) is 0 Å². The van der Waals surface area contributed by atoms with Crippen molar-refractivity contribution in [3.63, 3.8) is 0 Å². The number of hydrogen-bond acceptors (Lipinski definition) is 3. The quantitative estimate of drug-likeness (QED) is 0.681. The molecule has 4 nitrogen and oxygen atoms in total. The number of ketones is 1. The van der Waals surface area contributed by atoms with Crippen molar-refractivity contribution in [1.29, 1.82) is 0 Å². The van der Waals surface area contributed by atoms with Crippen LogP contribution in [0.4, 0.5) is 0 Å². The Labute approximate surface area is 97.4 Å². The van der Waals surface area contributed by atoms with Crippen LogP contribution in [0.15, 0.2) is 27.4 Å². The minimum atomic E-state index is -0.777. The second-order valence-electron chi connectivity index (χ2n) is 2.89. The fraction of sp³-hybridized carbons (Fsp3) is 0.111. The predicted octanol–water partition coefficient (Wildman–Crippen LogP) is 2.26. The van der Waals surface area contributed by atoms with Gasteiger partial charge in [0.1, 0.15) is 0 Å². The summed E-state index contributed by atoms with van der Waals surface area (Å²) in [7, 11) is 0. The number of aromatic nitrogens is 1. The van der Waals surface area contributed by atoms with Crippen molar-refractivity contribution in [3.8, 4) is 0 Å². The topological polar surface area (TPSA) is 63.1 Å². The molecule has 0 aliphatic heterocycles. The zero-order valence-corrected chi connectivity index (χ0v) is 9.63. The molecule has 0 aliphatic carbocycles. The molecule has 0 saturated carbocycles. The molecule has 15 heavy (non-hydrogen) atoms. The summed E-state index contributed by atoms with van der Waals surface area (Å²) in [5, 5.41) is 0. The van der Waals surface area contributed by atoms with Crippen molar-refractivity contribution in [1.82, 2.24) is 4.98 Å². The van der Waals surface area contributed by atoms with E-state index in [0.29, 0.717) is 16.7 Å². The molecule has 1 N–H and O–H groups in total. The number of hydrogen-bond donors (Lipinski definition) is 1. The molecule has 1 unspecified atom stereocenters. The third kappa shape index (κ3) is 1.98. The molecule has 0 amide bonds. The van der Waals surface area contributed by atoms with Gasteiger partial charge in [0, 0.05) is 5.56 Å². The average Bonchev–Trinajstić information content (AvgIpc) is 2.55. The molecule has 0 bridgehead atoms. The van der Waals surface area contributed by atoms with Gasteiger partial charge >= 0.3 is 5.76 Å². The van der Waals surface area contributed by atoms with E-state index in [1.165, 1.54) is 6.07 Å². The van der Waals surface area contributed by atoms with Crippen molar-refractivity contribution in [2.75, 3.05) is 0 Å². The summed E-state index contributed by atoms with van der Waals surface area (Å²) in [4.78, 5) is 24.8. The lowest BCUT2D eigenvalue weighted by Crippen LogP contribution is -2.06. The van der Waals surface area contributed by atoms with Crippen LogP contribution in [0.25, 0.3) is 11.1 Å². The third-order valence-corrected chi connectivity index (χ3v) is 2.52. The smallest absolute Gasteiger partial charge is 0.408 e. The number of halogens is 2.